The molecule has 27 heavy (non-hydrogen) atoms. The maximum atomic E-state index is 12.4. The van der Waals surface area contributed by atoms with Crippen LogP contribution in [0.4, 0.5) is 8.78 Å². The molecule has 2 N–H and O–H groups in total. The van der Waals surface area contributed by atoms with Crippen LogP contribution >= 0.6 is 12.4 Å². The van der Waals surface area contributed by atoms with Crippen LogP contribution in [0.25, 0.3) is 0 Å². The Labute approximate surface area is 162 Å². The minimum absolute atomic E-state index is 0. The third kappa shape index (κ3) is 5.64. The summed E-state index contributed by atoms with van der Waals surface area (Å²) in [5.41, 5.74) is 1.01. The normalized spacial score (nSPS) is 17.9. The molecule has 0 saturated carbocycles. The van der Waals surface area contributed by atoms with Gasteiger partial charge >= 0.3 is 6.61 Å². The van der Waals surface area contributed by atoms with Crippen LogP contribution in [-0.2, 0) is 0 Å². The second-order valence-corrected chi connectivity index (χ2v) is 6.33. The number of piperidine rings is 1. The Balaban J connectivity index is 0.00000261. The highest BCUT2D eigenvalue weighted by Crippen LogP contribution is 2.21. The first kappa shape index (κ1) is 21.1. The molecule has 1 aromatic heterocycles. The summed E-state index contributed by atoms with van der Waals surface area (Å²) in [6.45, 7) is 0.752. The molecule has 0 spiro atoms. The van der Waals surface area contributed by atoms with E-state index in [9.17, 15) is 13.6 Å². The average molecular weight is 401 g/mol. The number of benzene rings is 1. The van der Waals surface area contributed by atoms with Crippen LogP contribution in [0.3, 0.4) is 0 Å². The molecule has 2 heterocycles. The maximum Gasteiger partial charge on any atom is 0.387 e. The lowest BCUT2D eigenvalue weighted by Gasteiger charge is -2.22. The van der Waals surface area contributed by atoms with E-state index >= 15 is 0 Å². The van der Waals surface area contributed by atoms with E-state index in [4.69, 9.17) is 0 Å². The number of nitrogens with one attached hydrogen (secondary N) is 2. The zero-order valence-electron chi connectivity index (χ0n) is 14.9. The fourth-order valence-corrected chi connectivity index (χ4v) is 3.04. The Hall–Kier alpha value is -2.19. The summed E-state index contributed by atoms with van der Waals surface area (Å²) in [5.74, 6) is -0.243. The molecule has 2 atom stereocenters. The van der Waals surface area contributed by atoms with E-state index in [2.05, 4.69) is 20.5 Å². The summed E-state index contributed by atoms with van der Waals surface area (Å²) < 4.78 is 30.9. The highest BCUT2D eigenvalue weighted by molar-refractivity contribution is 5.92. The van der Waals surface area contributed by atoms with Gasteiger partial charge in [0.15, 0.2) is 0 Å². The van der Waals surface area contributed by atoms with E-state index in [1.54, 1.807) is 25.1 Å². The van der Waals surface area contributed by atoms with Crippen LogP contribution in [0, 0.1) is 0 Å². The molecular formula is C18H23ClF2N4O2. The fourth-order valence-electron chi connectivity index (χ4n) is 3.04. The van der Waals surface area contributed by atoms with Crippen molar-refractivity contribution >= 4 is 18.3 Å². The molecule has 3 rings (SSSR count). The SMILES string of the molecule is CC(NC(=O)c1ccn(C2CCCNC2)n1)c1cccc(OC(F)F)c1.Cl. The van der Waals surface area contributed by atoms with Gasteiger partial charge in [0.05, 0.1) is 12.1 Å². The van der Waals surface area contributed by atoms with E-state index in [1.165, 1.54) is 12.1 Å². The Morgan fingerprint density at radius 2 is 2.22 bits per heavy atom. The van der Waals surface area contributed by atoms with Crippen molar-refractivity contribution in [1.29, 1.82) is 0 Å². The van der Waals surface area contributed by atoms with Crippen molar-refractivity contribution in [3.05, 3.63) is 47.8 Å². The van der Waals surface area contributed by atoms with Crippen molar-refractivity contribution < 1.29 is 18.3 Å². The van der Waals surface area contributed by atoms with Crippen LogP contribution in [0.15, 0.2) is 36.5 Å². The van der Waals surface area contributed by atoms with Crippen molar-refractivity contribution in [2.45, 2.75) is 38.5 Å². The number of ether oxygens (including phenoxy) is 1. The molecule has 1 fully saturated rings. The van der Waals surface area contributed by atoms with Gasteiger partial charge in [-0.05, 0) is 50.1 Å². The quantitative estimate of drug-likeness (QED) is 0.780. The number of aromatic nitrogens is 2. The molecule has 0 radical (unpaired) electrons. The lowest BCUT2D eigenvalue weighted by Crippen LogP contribution is -2.32. The number of rotatable bonds is 6. The molecule has 1 aromatic carbocycles. The lowest BCUT2D eigenvalue weighted by molar-refractivity contribution is -0.0499. The fraction of sp³-hybridized carbons (Fsp3) is 0.444. The maximum absolute atomic E-state index is 12.4. The average Bonchev–Trinajstić information content (AvgIpc) is 3.12. The van der Waals surface area contributed by atoms with E-state index in [0.29, 0.717) is 11.3 Å². The third-order valence-corrected chi connectivity index (χ3v) is 4.42. The molecule has 0 bridgehead atoms. The number of carbonyl (C=O) groups is 1. The summed E-state index contributed by atoms with van der Waals surface area (Å²) in [7, 11) is 0. The Kier molecular flexibility index (Phi) is 7.55. The molecule has 2 aromatic rings. The molecule has 148 valence electrons. The zero-order valence-corrected chi connectivity index (χ0v) is 15.7. The first-order valence-corrected chi connectivity index (χ1v) is 8.64. The second kappa shape index (κ2) is 9.66. The van der Waals surface area contributed by atoms with Crippen LogP contribution in [0.2, 0.25) is 0 Å². The predicted octanol–water partition coefficient (Wildman–Crippen LogP) is 3.32. The van der Waals surface area contributed by atoms with Gasteiger partial charge in [-0.15, -0.1) is 12.4 Å². The molecule has 1 aliphatic rings. The summed E-state index contributed by atoms with van der Waals surface area (Å²) in [6.07, 6.45) is 3.93. The highest BCUT2D eigenvalue weighted by Gasteiger charge is 2.19. The Morgan fingerprint density at radius 1 is 1.41 bits per heavy atom. The first-order valence-electron chi connectivity index (χ1n) is 8.64. The van der Waals surface area contributed by atoms with Crippen molar-refractivity contribution in [2.75, 3.05) is 13.1 Å². The first-order chi connectivity index (χ1) is 12.5. The van der Waals surface area contributed by atoms with E-state index in [0.717, 1.165) is 25.9 Å². The van der Waals surface area contributed by atoms with Crippen LogP contribution in [0.5, 0.6) is 5.75 Å². The van der Waals surface area contributed by atoms with E-state index in [1.807, 2.05) is 10.9 Å². The predicted molar refractivity (Wildman–Crippen MR) is 99.6 cm³/mol. The minimum Gasteiger partial charge on any atom is -0.435 e. The zero-order chi connectivity index (χ0) is 18.5. The van der Waals surface area contributed by atoms with Gasteiger partial charge in [-0.25, -0.2) is 0 Å². The molecule has 1 aliphatic heterocycles. The van der Waals surface area contributed by atoms with Gasteiger partial charge in [0.1, 0.15) is 11.4 Å². The third-order valence-electron chi connectivity index (χ3n) is 4.42. The number of alkyl halides is 2. The van der Waals surface area contributed by atoms with Gasteiger partial charge in [0.25, 0.3) is 5.91 Å². The van der Waals surface area contributed by atoms with Gasteiger partial charge in [-0.2, -0.15) is 13.9 Å². The van der Waals surface area contributed by atoms with Crippen molar-refractivity contribution in [1.82, 2.24) is 20.4 Å². The summed E-state index contributed by atoms with van der Waals surface area (Å²) in [5, 5.41) is 10.5. The van der Waals surface area contributed by atoms with E-state index < -0.39 is 6.61 Å². The van der Waals surface area contributed by atoms with Gasteiger partial charge in [-0.1, -0.05) is 12.1 Å². The summed E-state index contributed by atoms with van der Waals surface area (Å²) in [4.78, 5) is 12.4. The monoisotopic (exact) mass is 400 g/mol. The van der Waals surface area contributed by atoms with Crippen molar-refractivity contribution in [2.24, 2.45) is 0 Å². The van der Waals surface area contributed by atoms with Gasteiger partial charge in [0, 0.05) is 12.7 Å². The molecule has 9 heteroatoms. The second-order valence-electron chi connectivity index (χ2n) is 6.33. The molecule has 2 unspecified atom stereocenters. The highest BCUT2D eigenvalue weighted by atomic mass is 35.5. The van der Waals surface area contributed by atoms with Crippen LogP contribution < -0.4 is 15.4 Å². The molecule has 1 amide bonds. The summed E-state index contributed by atoms with van der Waals surface area (Å²) in [6, 6.07) is 7.87. The number of hydrogen-bond donors (Lipinski definition) is 2. The smallest absolute Gasteiger partial charge is 0.387 e. The Morgan fingerprint density at radius 3 is 2.93 bits per heavy atom. The van der Waals surface area contributed by atoms with Crippen molar-refractivity contribution in [3.8, 4) is 5.75 Å². The lowest BCUT2D eigenvalue weighted by atomic mass is 10.1. The molecular weight excluding hydrogens is 378 g/mol. The molecule has 6 nitrogen and oxygen atoms in total. The molecule has 0 aliphatic carbocycles. The van der Waals surface area contributed by atoms with Gasteiger partial charge < -0.3 is 15.4 Å². The Bertz CT molecular complexity index is 750. The number of nitrogens with zero attached hydrogens (tertiary/aromatic N) is 2. The largest absolute Gasteiger partial charge is 0.435 e. The number of hydrogen-bond acceptors (Lipinski definition) is 4. The molecule has 1 saturated heterocycles. The van der Waals surface area contributed by atoms with Crippen molar-refractivity contribution in [3.63, 3.8) is 0 Å². The van der Waals surface area contributed by atoms with Gasteiger partial charge in [-0.3, -0.25) is 9.48 Å². The number of halogens is 3. The van der Waals surface area contributed by atoms with E-state index in [-0.39, 0.29) is 36.1 Å². The summed E-state index contributed by atoms with van der Waals surface area (Å²) >= 11 is 0. The standard InChI is InChI=1S/C18H22F2N4O2.ClH/c1-12(13-4-2-6-15(10-13)26-18(19)20)22-17(25)16-7-9-24(23-16)14-5-3-8-21-11-14;/h2,4,6-7,9-10,12,14,18,21H,3,5,8,11H2,1H3,(H,22,25);1H. The van der Waals surface area contributed by atoms with Gasteiger partial charge in [0.2, 0.25) is 0 Å². The van der Waals surface area contributed by atoms with Crippen LogP contribution in [0.1, 0.15) is 47.9 Å². The number of carbonyl (C=O) groups excluding carboxylic acids is 1. The minimum atomic E-state index is -2.88. The number of amides is 1. The topological polar surface area (TPSA) is 68.2 Å². The van der Waals surface area contributed by atoms with Crippen LogP contribution in [-0.4, -0.2) is 35.4 Å².